The van der Waals surface area contributed by atoms with E-state index in [4.69, 9.17) is 10.5 Å². The molecule has 2 rings (SSSR count). The lowest BCUT2D eigenvalue weighted by Gasteiger charge is -2.28. The van der Waals surface area contributed by atoms with Crippen molar-refractivity contribution in [1.29, 1.82) is 0 Å². The van der Waals surface area contributed by atoms with Gasteiger partial charge in [-0.05, 0) is 7.05 Å². The maximum atomic E-state index is 5.66. The average molecular weight is 213 g/mol. The van der Waals surface area contributed by atoms with E-state index in [-0.39, 0.29) is 6.10 Å². The van der Waals surface area contributed by atoms with Crippen molar-refractivity contribution in [2.75, 3.05) is 26.7 Å². The summed E-state index contributed by atoms with van der Waals surface area (Å²) in [6.07, 6.45) is 0.138. The van der Waals surface area contributed by atoms with Crippen LogP contribution >= 0.6 is 11.3 Å². The fraction of sp³-hybridized carbons (Fsp3) is 0.667. The van der Waals surface area contributed by atoms with E-state index in [0.717, 1.165) is 30.4 Å². The third-order valence-corrected chi connectivity index (χ3v) is 3.31. The van der Waals surface area contributed by atoms with Crippen molar-refractivity contribution in [2.24, 2.45) is 5.73 Å². The number of nitrogens with zero attached hydrogens (tertiary/aromatic N) is 2. The minimum absolute atomic E-state index is 0.138. The SMILES string of the molecule is CN1CCOC(c2nc(CN)cs2)C1. The molecule has 2 N–H and O–H groups in total. The lowest BCUT2D eigenvalue weighted by Crippen LogP contribution is -2.35. The van der Waals surface area contributed by atoms with Crippen molar-refractivity contribution in [3.63, 3.8) is 0 Å². The molecule has 0 aliphatic carbocycles. The van der Waals surface area contributed by atoms with E-state index >= 15 is 0 Å². The predicted octanol–water partition coefficient (Wildman–Crippen LogP) is 0.605. The molecule has 1 saturated heterocycles. The third-order valence-electron chi connectivity index (χ3n) is 2.32. The molecule has 0 aromatic carbocycles. The predicted molar refractivity (Wildman–Crippen MR) is 56.2 cm³/mol. The number of likely N-dealkylation sites (N-methyl/N-ethyl adjacent to an activating group) is 1. The summed E-state index contributed by atoms with van der Waals surface area (Å²) in [5, 5.41) is 3.06. The summed E-state index contributed by atoms with van der Waals surface area (Å²) in [6.45, 7) is 3.24. The van der Waals surface area contributed by atoms with Crippen LogP contribution in [0.15, 0.2) is 5.38 Å². The largest absolute Gasteiger partial charge is 0.368 e. The quantitative estimate of drug-likeness (QED) is 0.782. The van der Waals surface area contributed by atoms with E-state index in [1.165, 1.54) is 0 Å². The van der Waals surface area contributed by atoms with Gasteiger partial charge in [0.1, 0.15) is 11.1 Å². The smallest absolute Gasteiger partial charge is 0.123 e. The van der Waals surface area contributed by atoms with Crippen LogP contribution in [0, 0.1) is 0 Å². The van der Waals surface area contributed by atoms with Crippen molar-refractivity contribution in [2.45, 2.75) is 12.6 Å². The van der Waals surface area contributed by atoms with Crippen molar-refractivity contribution in [1.82, 2.24) is 9.88 Å². The van der Waals surface area contributed by atoms with Gasteiger partial charge >= 0.3 is 0 Å². The van der Waals surface area contributed by atoms with E-state index in [1.54, 1.807) is 11.3 Å². The first-order chi connectivity index (χ1) is 6.79. The van der Waals surface area contributed by atoms with Crippen LogP contribution in [0.5, 0.6) is 0 Å². The van der Waals surface area contributed by atoms with Gasteiger partial charge in [-0.3, -0.25) is 0 Å². The number of hydrogen-bond donors (Lipinski definition) is 1. The first kappa shape index (κ1) is 10.0. The molecule has 1 atom stereocenters. The summed E-state index contributed by atoms with van der Waals surface area (Å²) in [7, 11) is 2.10. The molecule has 14 heavy (non-hydrogen) atoms. The van der Waals surface area contributed by atoms with E-state index in [1.807, 2.05) is 5.38 Å². The second-order valence-electron chi connectivity index (χ2n) is 3.50. The standard InChI is InChI=1S/C9H15N3OS/c1-12-2-3-13-8(5-12)9-11-7(4-10)6-14-9/h6,8H,2-5,10H2,1H3. The maximum absolute atomic E-state index is 5.66. The summed E-state index contributed by atoms with van der Waals surface area (Å²) in [4.78, 5) is 6.69. The van der Waals surface area contributed by atoms with Crippen molar-refractivity contribution in [3.05, 3.63) is 16.1 Å². The topological polar surface area (TPSA) is 51.4 Å². The summed E-state index contributed by atoms with van der Waals surface area (Å²) in [6, 6.07) is 0. The number of hydrogen-bond acceptors (Lipinski definition) is 5. The molecule has 0 saturated carbocycles. The van der Waals surface area contributed by atoms with Gasteiger partial charge < -0.3 is 15.4 Å². The van der Waals surface area contributed by atoms with Crippen molar-refractivity contribution >= 4 is 11.3 Å². The van der Waals surface area contributed by atoms with Gasteiger partial charge in [-0.25, -0.2) is 4.98 Å². The van der Waals surface area contributed by atoms with Crippen LogP contribution in [0.2, 0.25) is 0 Å². The van der Waals surface area contributed by atoms with Crippen LogP contribution in [0.4, 0.5) is 0 Å². The zero-order valence-electron chi connectivity index (χ0n) is 8.27. The Labute approximate surface area is 87.7 Å². The molecule has 5 heteroatoms. The molecule has 0 spiro atoms. The molecule has 1 aromatic heterocycles. The summed E-state index contributed by atoms with van der Waals surface area (Å²) >= 11 is 1.64. The molecule has 1 aromatic rings. The lowest BCUT2D eigenvalue weighted by molar-refractivity contribution is -0.0210. The molecule has 1 fully saturated rings. The second kappa shape index (κ2) is 4.35. The zero-order chi connectivity index (χ0) is 9.97. The Bertz CT molecular complexity index is 302. The highest BCUT2D eigenvalue weighted by Crippen LogP contribution is 2.24. The molecular formula is C9H15N3OS. The Balaban J connectivity index is 2.06. The number of ether oxygens (including phenoxy) is 1. The Morgan fingerprint density at radius 1 is 1.79 bits per heavy atom. The van der Waals surface area contributed by atoms with Gasteiger partial charge in [0.15, 0.2) is 0 Å². The highest BCUT2D eigenvalue weighted by atomic mass is 32.1. The fourth-order valence-corrected chi connectivity index (χ4v) is 2.36. The molecule has 2 heterocycles. The molecule has 1 aliphatic heterocycles. The zero-order valence-corrected chi connectivity index (χ0v) is 9.09. The van der Waals surface area contributed by atoms with E-state index in [9.17, 15) is 0 Å². The molecule has 0 amide bonds. The minimum Gasteiger partial charge on any atom is -0.368 e. The lowest BCUT2D eigenvalue weighted by atomic mass is 10.3. The highest BCUT2D eigenvalue weighted by molar-refractivity contribution is 7.09. The first-order valence-electron chi connectivity index (χ1n) is 4.74. The molecule has 0 radical (unpaired) electrons. The number of thiazole rings is 1. The fourth-order valence-electron chi connectivity index (χ4n) is 1.49. The molecular weight excluding hydrogens is 198 g/mol. The Morgan fingerprint density at radius 3 is 3.29 bits per heavy atom. The number of nitrogens with two attached hydrogens (primary N) is 1. The third kappa shape index (κ3) is 2.12. The molecule has 1 unspecified atom stereocenters. The summed E-state index contributed by atoms with van der Waals surface area (Å²) in [5.74, 6) is 0. The van der Waals surface area contributed by atoms with Crippen LogP contribution in [0.1, 0.15) is 16.8 Å². The minimum atomic E-state index is 0.138. The Morgan fingerprint density at radius 2 is 2.64 bits per heavy atom. The molecule has 0 bridgehead atoms. The Kier molecular flexibility index (Phi) is 3.12. The summed E-state index contributed by atoms with van der Waals surface area (Å²) < 4.78 is 5.66. The van der Waals surface area contributed by atoms with Gasteiger partial charge in [-0.2, -0.15) is 0 Å². The van der Waals surface area contributed by atoms with Crippen LogP contribution in [0.3, 0.4) is 0 Å². The first-order valence-corrected chi connectivity index (χ1v) is 5.62. The number of morpholine rings is 1. The number of rotatable bonds is 2. The van der Waals surface area contributed by atoms with Crippen LogP contribution in [-0.4, -0.2) is 36.6 Å². The van der Waals surface area contributed by atoms with E-state index < -0.39 is 0 Å². The number of aromatic nitrogens is 1. The van der Waals surface area contributed by atoms with Gasteiger partial charge in [0, 0.05) is 25.0 Å². The highest BCUT2D eigenvalue weighted by Gasteiger charge is 2.21. The van der Waals surface area contributed by atoms with Crippen molar-refractivity contribution < 1.29 is 4.74 Å². The maximum Gasteiger partial charge on any atom is 0.123 e. The van der Waals surface area contributed by atoms with Crippen molar-refractivity contribution in [3.8, 4) is 0 Å². The van der Waals surface area contributed by atoms with Crippen LogP contribution in [0.25, 0.3) is 0 Å². The monoisotopic (exact) mass is 213 g/mol. The van der Waals surface area contributed by atoms with Crippen LogP contribution in [-0.2, 0) is 11.3 Å². The van der Waals surface area contributed by atoms with Gasteiger partial charge in [0.05, 0.1) is 12.3 Å². The van der Waals surface area contributed by atoms with Gasteiger partial charge in [0.25, 0.3) is 0 Å². The normalized spacial score (nSPS) is 24.0. The van der Waals surface area contributed by atoms with Crippen LogP contribution < -0.4 is 5.73 Å². The molecule has 4 nitrogen and oxygen atoms in total. The average Bonchev–Trinajstić information content (AvgIpc) is 2.66. The van der Waals surface area contributed by atoms with Gasteiger partial charge in [0.2, 0.25) is 0 Å². The summed E-state index contributed by atoms with van der Waals surface area (Å²) in [5.41, 5.74) is 6.47. The van der Waals surface area contributed by atoms with E-state index in [0.29, 0.717) is 6.54 Å². The Hall–Kier alpha value is -0.490. The second-order valence-corrected chi connectivity index (χ2v) is 4.39. The van der Waals surface area contributed by atoms with E-state index in [2.05, 4.69) is 16.9 Å². The molecule has 78 valence electrons. The van der Waals surface area contributed by atoms with Gasteiger partial charge in [-0.1, -0.05) is 0 Å². The van der Waals surface area contributed by atoms with Gasteiger partial charge in [-0.15, -0.1) is 11.3 Å². The molecule has 1 aliphatic rings.